The number of nitrogens with two attached hydrogens (primary N) is 2. The zero-order valence-electron chi connectivity index (χ0n) is 19.0. The van der Waals surface area contributed by atoms with Crippen molar-refractivity contribution in [3.8, 4) is 0 Å². The largest absolute Gasteiger partial charge is 0.328 e. The number of rotatable bonds is 22. The van der Waals surface area contributed by atoms with Gasteiger partial charge in [0.2, 0.25) is 0 Å². The third-order valence-corrected chi connectivity index (χ3v) is 5.74. The van der Waals surface area contributed by atoms with Crippen LogP contribution in [0.15, 0.2) is 0 Å². The summed E-state index contributed by atoms with van der Waals surface area (Å²) in [6, 6.07) is 0.740. The highest BCUT2D eigenvalue weighted by Crippen LogP contribution is 2.11. The third kappa shape index (κ3) is 22.0. The van der Waals surface area contributed by atoms with Crippen molar-refractivity contribution in [3.05, 3.63) is 0 Å². The minimum atomic E-state index is 0.370. The number of hydrogen-bond acceptors (Lipinski definition) is 3. The molecule has 0 saturated carbocycles. The molecule has 27 heavy (non-hydrogen) atoms. The van der Waals surface area contributed by atoms with Gasteiger partial charge in [0.05, 0.1) is 0 Å². The fraction of sp³-hybridized carbons (Fsp3) is 1.00. The maximum atomic E-state index is 6.25. The van der Waals surface area contributed by atoms with Crippen molar-refractivity contribution in [1.82, 2.24) is 5.32 Å². The molecule has 0 fully saturated rings. The van der Waals surface area contributed by atoms with Crippen molar-refractivity contribution in [3.63, 3.8) is 0 Å². The number of unbranched alkanes of at least 4 members (excludes halogenated alkanes) is 12. The summed E-state index contributed by atoms with van der Waals surface area (Å²) in [6.07, 6.45) is 23.8. The fourth-order valence-electron chi connectivity index (χ4n) is 3.72. The average molecular weight is 384 g/mol. The van der Waals surface area contributed by atoms with Gasteiger partial charge >= 0.3 is 0 Å². The normalized spacial score (nSPS) is 13.8. The molecule has 0 aliphatic carbocycles. The molecule has 0 aromatic rings. The Bertz CT molecular complexity index is 270. The van der Waals surface area contributed by atoms with Crippen molar-refractivity contribution in [2.45, 2.75) is 142 Å². The molecule has 0 bridgehead atoms. The van der Waals surface area contributed by atoms with Crippen LogP contribution in [-0.4, -0.2) is 25.2 Å². The van der Waals surface area contributed by atoms with Crippen LogP contribution < -0.4 is 16.8 Å². The molecule has 164 valence electrons. The zero-order valence-corrected chi connectivity index (χ0v) is 19.0. The van der Waals surface area contributed by atoms with Crippen LogP contribution in [0, 0.1) is 0 Å². The van der Waals surface area contributed by atoms with E-state index >= 15 is 0 Å². The predicted octanol–water partition coefficient (Wildman–Crippen LogP) is 6.29. The van der Waals surface area contributed by atoms with E-state index in [1.165, 1.54) is 103 Å². The molecule has 2 atom stereocenters. The van der Waals surface area contributed by atoms with Crippen molar-refractivity contribution in [1.29, 1.82) is 0 Å². The van der Waals surface area contributed by atoms with E-state index in [1.807, 2.05) is 0 Å². The Morgan fingerprint density at radius 3 is 1.19 bits per heavy atom. The molecular formula is C24H53N3. The first-order chi connectivity index (χ1) is 13.2. The Balaban J connectivity index is 3.26. The monoisotopic (exact) mass is 383 g/mol. The van der Waals surface area contributed by atoms with Gasteiger partial charge in [-0.15, -0.1) is 0 Å². The average Bonchev–Trinajstić information content (AvgIpc) is 2.66. The summed E-state index contributed by atoms with van der Waals surface area (Å²) >= 11 is 0. The second-order valence-electron chi connectivity index (χ2n) is 8.67. The molecule has 3 heteroatoms. The quantitative estimate of drug-likeness (QED) is 0.192. The first-order valence-corrected chi connectivity index (χ1v) is 12.4. The topological polar surface area (TPSA) is 64.1 Å². The highest BCUT2D eigenvalue weighted by molar-refractivity contribution is 4.66. The van der Waals surface area contributed by atoms with Gasteiger partial charge in [-0.05, 0) is 38.8 Å². The first-order valence-electron chi connectivity index (χ1n) is 12.4. The van der Waals surface area contributed by atoms with E-state index in [0.29, 0.717) is 12.1 Å². The van der Waals surface area contributed by atoms with Gasteiger partial charge in [-0.1, -0.05) is 104 Å². The fourth-order valence-corrected chi connectivity index (χ4v) is 3.72. The van der Waals surface area contributed by atoms with E-state index in [0.717, 1.165) is 25.9 Å². The lowest BCUT2D eigenvalue weighted by molar-refractivity contribution is 0.470. The molecule has 0 rings (SSSR count). The van der Waals surface area contributed by atoms with Gasteiger partial charge in [0, 0.05) is 12.1 Å². The van der Waals surface area contributed by atoms with Gasteiger partial charge in [0.25, 0.3) is 0 Å². The molecule has 0 heterocycles. The maximum absolute atomic E-state index is 6.25. The van der Waals surface area contributed by atoms with Crippen LogP contribution in [-0.2, 0) is 0 Å². The molecule has 3 nitrogen and oxygen atoms in total. The van der Waals surface area contributed by atoms with Gasteiger partial charge < -0.3 is 16.8 Å². The Kier molecular flexibility index (Phi) is 22.1. The number of nitrogens with one attached hydrogen (secondary N) is 1. The summed E-state index contributed by atoms with van der Waals surface area (Å²) in [4.78, 5) is 0. The predicted molar refractivity (Wildman–Crippen MR) is 123 cm³/mol. The lowest BCUT2D eigenvalue weighted by Crippen LogP contribution is -2.30. The van der Waals surface area contributed by atoms with Gasteiger partial charge in [0.1, 0.15) is 0 Å². The molecule has 0 radical (unpaired) electrons. The Labute approximate surface area is 171 Å². The van der Waals surface area contributed by atoms with Crippen molar-refractivity contribution < 1.29 is 0 Å². The van der Waals surface area contributed by atoms with E-state index in [-0.39, 0.29) is 0 Å². The van der Waals surface area contributed by atoms with Crippen LogP contribution in [0.5, 0.6) is 0 Å². The molecule has 2 unspecified atom stereocenters. The van der Waals surface area contributed by atoms with Crippen molar-refractivity contribution in [2.75, 3.05) is 13.1 Å². The van der Waals surface area contributed by atoms with Gasteiger partial charge in [0.15, 0.2) is 0 Å². The second kappa shape index (κ2) is 22.2. The summed E-state index contributed by atoms with van der Waals surface area (Å²) in [5, 5.41) is 3.54. The highest BCUT2D eigenvalue weighted by atomic mass is 14.9. The molecule has 0 aliphatic heterocycles. The van der Waals surface area contributed by atoms with Crippen LogP contribution >= 0.6 is 0 Å². The SMILES string of the molecule is CCCCCCCCCCC(N)CCNCCC(N)CCCCCCCC. The van der Waals surface area contributed by atoms with E-state index in [4.69, 9.17) is 11.5 Å². The molecule has 0 aromatic heterocycles. The van der Waals surface area contributed by atoms with Crippen LogP contribution in [0.1, 0.15) is 129 Å². The highest BCUT2D eigenvalue weighted by Gasteiger charge is 2.04. The van der Waals surface area contributed by atoms with Gasteiger partial charge in [-0.2, -0.15) is 0 Å². The van der Waals surface area contributed by atoms with Crippen LogP contribution in [0.3, 0.4) is 0 Å². The van der Waals surface area contributed by atoms with Gasteiger partial charge in [-0.3, -0.25) is 0 Å². The lowest BCUT2D eigenvalue weighted by atomic mass is 10.0. The zero-order chi connectivity index (χ0) is 20.0. The lowest BCUT2D eigenvalue weighted by Gasteiger charge is -2.14. The molecule has 5 N–H and O–H groups in total. The number of hydrogen-bond donors (Lipinski definition) is 3. The molecule has 0 saturated heterocycles. The Morgan fingerprint density at radius 2 is 0.815 bits per heavy atom. The van der Waals surface area contributed by atoms with E-state index < -0.39 is 0 Å². The molecule has 0 spiro atoms. The van der Waals surface area contributed by atoms with Crippen LogP contribution in [0.2, 0.25) is 0 Å². The summed E-state index contributed by atoms with van der Waals surface area (Å²) in [5.41, 5.74) is 12.5. The molecule has 0 amide bonds. The summed E-state index contributed by atoms with van der Waals surface area (Å²) in [5.74, 6) is 0. The smallest absolute Gasteiger partial charge is 0.00509 e. The van der Waals surface area contributed by atoms with Crippen LogP contribution in [0.25, 0.3) is 0 Å². The summed E-state index contributed by atoms with van der Waals surface area (Å²) in [6.45, 7) is 6.64. The Morgan fingerprint density at radius 1 is 0.481 bits per heavy atom. The van der Waals surface area contributed by atoms with Gasteiger partial charge in [-0.25, -0.2) is 0 Å². The molecular weight excluding hydrogens is 330 g/mol. The molecule has 0 aromatic carbocycles. The maximum Gasteiger partial charge on any atom is 0.00509 e. The standard InChI is InChI=1S/C24H53N3/c1-3-5-7-9-11-12-14-16-18-24(26)20-22-27-21-19-23(25)17-15-13-10-8-6-4-2/h23-24,27H,3-22,25-26H2,1-2H3. The van der Waals surface area contributed by atoms with Crippen LogP contribution in [0.4, 0.5) is 0 Å². The van der Waals surface area contributed by atoms with Crippen molar-refractivity contribution in [2.24, 2.45) is 11.5 Å². The summed E-state index contributed by atoms with van der Waals surface area (Å²) in [7, 11) is 0. The second-order valence-corrected chi connectivity index (χ2v) is 8.67. The third-order valence-electron chi connectivity index (χ3n) is 5.74. The van der Waals surface area contributed by atoms with E-state index in [2.05, 4.69) is 19.2 Å². The van der Waals surface area contributed by atoms with Crippen molar-refractivity contribution >= 4 is 0 Å². The minimum absolute atomic E-state index is 0.370. The minimum Gasteiger partial charge on any atom is -0.328 e. The Hall–Kier alpha value is -0.120. The van der Waals surface area contributed by atoms with E-state index in [1.54, 1.807) is 0 Å². The molecule has 0 aliphatic rings. The first kappa shape index (κ1) is 26.9. The summed E-state index contributed by atoms with van der Waals surface area (Å²) < 4.78 is 0. The van der Waals surface area contributed by atoms with E-state index in [9.17, 15) is 0 Å².